The van der Waals surface area contributed by atoms with Crippen LogP contribution in [0.5, 0.6) is 0 Å². The van der Waals surface area contributed by atoms with Crippen LogP contribution in [-0.2, 0) is 0 Å². The molecule has 1 aliphatic heterocycles. The zero-order valence-corrected chi connectivity index (χ0v) is 17.6. The number of nitrogens with one attached hydrogen (secondary N) is 2. The van der Waals surface area contributed by atoms with Gasteiger partial charge < -0.3 is 15.1 Å². The van der Waals surface area contributed by atoms with Crippen LogP contribution in [0.1, 0.15) is 10.5 Å². The Morgan fingerprint density at radius 2 is 1.63 bits per heavy atom. The van der Waals surface area contributed by atoms with Crippen LogP contribution in [0.3, 0.4) is 0 Å². The molecule has 1 saturated heterocycles. The Morgan fingerprint density at radius 1 is 0.933 bits per heavy atom. The summed E-state index contributed by atoms with van der Waals surface area (Å²) in [4.78, 5) is 33.2. The lowest BCUT2D eigenvalue weighted by atomic mass is 10.2. The van der Waals surface area contributed by atoms with Gasteiger partial charge in [0.1, 0.15) is 5.69 Å². The quantitative estimate of drug-likeness (QED) is 0.629. The highest BCUT2D eigenvalue weighted by molar-refractivity contribution is 7.14. The van der Waals surface area contributed by atoms with Crippen molar-refractivity contribution in [3.8, 4) is 0 Å². The first-order chi connectivity index (χ1) is 14.6. The van der Waals surface area contributed by atoms with E-state index >= 15 is 0 Å². The molecule has 4 rings (SSSR count). The van der Waals surface area contributed by atoms with E-state index in [0.29, 0.717) is 34.6 Å². The fourth-order valence-electron chi connectivity index (χ4n) is 3.19. The Balaban J connectivity index is 1.31. The Kier molecular flexibility index (Phi) is 6.15. The third-order valence-electron chi connectivity index (χ3n) is 4.73. The zero-order chi connectivity index (χ0) is 20.9. The Labute approximate surface area is 183 Å². The van der Waals surface area contributed by atoms with Crippen molar-refractivity contribution >= 4 is 51.4 Å². The lowest BCUT2D eigenvalue weighted by Gasteiger charge is -2.35. The summed E-state index contributed by atoms with van der Waals surface area (Å²) in [6.45, 7) is 2.80. The summed E-state index contributed by atoms with van der Waals surface area (Å²) in [6.07, 6.45) is 0. The molecule has 1 aromatic heterocycles. The van der Waals surface area contributed by atoms with Crippen molar-refractivity contribution in [2.75, 3.05) is 41.7 Å². The van der Waals surface area contributed by atoms with Gasteiger partial charge in [-0.3, -0.25) is 10.1 Å². The fraction of sp³-hybridized carbons (Fsp3) is 0.190. The highest BCUT2D eigenvalue weighted by Crippen LogP contribution is 2.20. The number of anilines is 3. The van der Waals surface area contributed by atoms with Gasteiger partial charge in [0.15, 0.2) is 5.13 Å². The topological polar surface area (TPSA) is 77.6 Å². The highest BCUT2D eigenvalue weighted by Gasteiger charge is 2.24. The lowest BCUT2D eigenvalue weighted by molar-refractivity contribution is 0.0741. The van der Waals surface area contributed by atoms with E-state index in [1.807, 2.05) is 18.2 Å². The molecular weight excluding hydrogens is 422 g/mol. The van der Waals surface area contributed by atoms with E-state index in [0.717, 1.165) is 18.8 Å². The summed E-state index contributed by atoms with van der Waals surface area (Å²) in [5.74, 6) is -0.120. The Bertz CT molecular complexity index is 1020. The average Bonchev–Trinajstić information content (AvgIpc) is 3.24. The first kappa shape index (κ1) is 20.2. The second-order valence-corrected chi connectivity index (χ2v) is 8.03. The predicted molar refractivity (Wildman–Crippen MR) is 121 cm³/mol. The number of benzene rings is 2. The smallest absolute Gasteiger partial charge is 0.325 e. The van der Waals surface area contributed by atoms with Gasteiger partial charge in [-0.25, -0.2) is 9.78 Å². The molecule has 154 valence electrons. The van der Waals surface area contributed by atoms with Crippen LogP contribution in [0.25, 0.3) is 0 Å². The number of nitrogens with zero attached hydrogens (tertiary/aromatic N) is 3. The predicted octanol–water partition coefficient (Wildman–Crippen LogP) is 4.40. The number of urea groups is 1. The molecule has 9 heteroatoms. The number of carbonyl (C=O) groups excluding carboxylic acids is 2. The summed E-state index contributed by atoms with van der Waals surface area (Å²) < 4.78 is 0. The maximum Gasteiger partial charge on any atom is 0.325 e. The van der Waals surface area contributed by atoms with Crippen molar-refractivity contribution in [1.82, 2.24) is 9.88 Å². The van der Waals surface area contributed by atoms with Crippen molar-refractivity contribution in [2.24, 2.45) is 0 Å². The second kappa shape index (κ2) is 9.15. The van der Waals surface area contributed by atoms with Crippen LogP contribution in [0.2, 0.25) is 5.02 Å². The number of hydrogen-bond donors (Lipinski definition) is 2. The number of para-hydroxylation sites is 1. The van der Waals surface area contributed by atoms with Crippen LogP contribution in [0.15, 0.2) is 60.0 Å². The molecule has 3 amide bonds. The molecule has 7 nitrogen and oxygen atoms in total. The van der Waals surface area contributed by atoms with Crippen molar-refractivity contribution in [3.05, 3.63) is 70.7 Å². The first-order valence-electron chi connectivity index (χ1n) is 9.47. The molecule has 1 fully saturated rings. The van der Waals surface area contributed by atoms with Gasteiger partial charge in [0.05, 0.1) is 0 Å². The standard InChI is InChI=1S/C21H20ClN5O2S/c22-15-6-8-16(9-7-15)23-20(29)25-21-24-18(14-30-21)19(28)27-12-10-26(11-13-27)17-4-2-1-3-5-17/h1-9,14H,10-13H2,(H2,23,24,25,29). The molecule has 0 unspecified atom stereocenters. The van der Waals surface area contributed by atoms with Crippen LogP contribution in [-0.4, -0.2) is 48.0 Å². The minimum atomic E-state index is -0.429. The molecule has 0 aliphatic carbocycles. The van der Waals surface area contributed by atoms with Crippen LogP contribution < -0.4 is 15.5 Å². The third kappa shape index (κ3) is 4.90. The highest BCUT2D eigenvalue weighted by atomic mass is 35.5. The molecule has 0 radical (unpaired) electrons. The van der Waals surface area contributed by atoms with E-state index in [1.165, 1.54) is 11.3 Å². The van der Waals surface area contributed by atoms with Crippen LogP contribution in [0, 0.1) is 0 Å². The Hall–Kier alpha value is -3.10. The summed E-state index contributed by atoms with van der Waals surface area (Å²) in [7, 11) is 0. The van der Waals surface area contributed by atoms with Gasteiger partial charge in [0.2, 0.25) is 0 Å². The number of piperazine rings is 1. The number of aromatic nitrogens is 1. The van der Waals surface area contributed by atoms with E-state index in [-0.39, 0.29) is 5.91 Å². The van der Waals surface area contributed by atoms with Gasteiger partial charge in [0.25, 0.3) is 5.91 Å². The van der Waals surface area contributed by atoms with Gasteiger partial charge in [-0.05, 0) is 36.4 Å². The van der Waals surface area contributed by atoms with E-state index in [1.54, 1.807) is 34.5 Å². The molecule has 0 bridgehead atoms. The maximum atomic E-state index is 12.8. The molecule has 2 aromatic carbocycles. The van der Waals surface area contributed by atoms with Crippen LogP contribution >= 0.6 is 22.9 Å². The average molecular weight is 442 g/mol. The molecule has 2 N–H and O–H groups in total. The maximum absolute atomic E-state index is 12.8. The van der Waals surface area contributed by atoms with Crippen molar-refractivity contribution in [2.45, 2.75) is 0 Å². The van der Waals surface area contributed by atoms with E-state index in [9.17, 15) is 9.59 Å². The SMILES string of the molecule is O=C(Nc1ccc(Cl)cc1)Nc1nc(C(=O)N2CCN(c3ccccc3)CC2)cs1. The number of thiazole rings is 1. The third-order valence-corrected chi connectivity index (χ3v) is 5.74. The number of hydrogen-bond acceptors (Lipinski definition) is 5. The van der Waals surface area contributed by atoms with Crippen LogP contribution in [0.4, 0.5) is 21.3 Å². The minimum Gasteiger partial charge on any atom is -0.368 e. The summed E-state index contributed by atoms with van der Waals surface area (Å²) in [5.41, 5.74) is 2.12. The van der Waals surface area contributed by atoms with Crippen molar-refractivity contribution in [3.63, 3.8) is 0 Å². The monoisotopic (exact) mass is 441 g/mol. The summed E-state index contributed by atoms with van der Waals surface area (Å²) in [5, 5.41) is 7.98. The minimum absolute atomic E-state index is 0.120. The van der Waals surface area contributed by atoms with E-state index < -0.39 is 6.03 Å². The Morgan fingerprint density at radius 3 is 2.33 bits per heavy atom. The number of carbonyl (C=O) groups is 2. The van der Waals surface area contributed by atoms with Crippen molar-refractivity contribution < 1.29 is 9.59 Å². The zero-order valence-electron chi connectivity index (χ0n) is 16.0. The molecular formula is C21H20ClN5O2S. The molecule has 2 heterocycles. The van der Waals surface area contributed by atoms with Gasteiger partial charge in [-0.2, -0.15) is 0 Å². The molecule has 1 aliphatic rings. The van der Waals surface area contributed by atoms with Gasteiger partial charge in [-0.15, -0.1) is 11.3 Å². The largest absolute Gasteiger partial charge is 0.368 e. The molecule has 30 heavy (non-hydrogen) atoms. The summed E-state index contributed by atoms with van der Waals surface area (Å²) in [6, 6.07) is 16.5. The van der Waals surface area contributed by atoms with E-state index in [4.69, 9.17) is 11.6 Å². The molecule has 0 saturated carbocycles. The van der Waals surface area contributed by atoms with Crippen molar-refractivity contribution in [1.29, 1.82) is 0 Å². The normalized spacial score (nSPS) is 13.8. The fourth-order valence-corrected chi connectivity index (χ4v) is 4.00. The molecule has 0 atom stereocenters. The first-order valence-corrected chi connectivity index (χ1v) is 10.7. The number of halogens is 1. The van der Waals surface area contributed by atoms with Gasteiger partial charge in [-0.1, -0.05) is 29.8 Å². The lowest BCUT2D eigenvalue weighted by Crippen LogP contribution is -2.48. The second-order valence-electron chi connectivity index (χ2n) is 6.74. The number of amides is 3. The molecule has 0 spiro atoms. The number of rotatable bonds is 4. The van der Waals surface area contributed by atoms with Gasteiger partial charge >= 0.3 is 6.03 Å². The van der Waals surface area contributed by atoms with Gasteiger partial charge in [0, 0.05) is 48.0 Å². The van der Waals surface area contributed by atoms with E-state index in [2.05, 4.69) is 32.7 Å². The molecule has 3 aromatic rings. The summed E-state index contributed by atoms with van der Waals surface area (Å²) >= 11 is 7.06.